The van der Waals surface area contributed by atoms with Crippen molar-refractivity contribution in [2.24, 2.45) is 0 Å². The van der Waals surface area contributed by atoms with Gasteiger partial charge in [0.25, 0.3) is 0 Å². The van der Waals surface area contributed by atoms with E-state index in [1.807, 2.05) is 18.2 Å². The zero-order valence-corrected chi connectivity index (χ0v) is 26.6. The summed E-state index contributed by atoms with van der Waals surface area (Å²) in [5.41, 5.74) is 4.23. The van der Waals surface area contributed by atoms with Crippen LogP contribution < -0.4 is 10.6 Å². The van der Waals surface area contributed by atoms with Crippen LogP contribution in [0.25, 0.3) is 0 Å². The smallest absolute Gasteiger partial charge is 0.338 e. The number of aliphatic hydroxyl groups is 1. The molecule has 0 amide bonds. The first-order valence-corrected chi connectivity index (χ1v) is 15.9. The molecule has 0 bridgehead atoms. The van der Waals surface area contributed by atoms with Gasteiger partial charge in [0, 0.05) is 24.2 Å². The summed E-state index contributed by atoms with van der Waals surface area (Å²) >= 11 is 0. The van der Waals surface area contributed by atoms with Gasteiger partial charge in [0.2, 0.25) is 0 Å². The summed E-state index contributed by atoms with van der Waals surface area (Å²) in [4.78, 5) is 12.2. The lowest BCUT2D eigenvalue weighted by Gasteiger charge is -2.41. The fourth-order valence-corrected chi connectivity index (χ4v) is 6.39. The van der Waals surface area contributed by atoms with Gasteiger partial charge in [-0.15, -0.1) is 0 Å². The second kappa shape index (κ2) is 15.2. The fourth-order valence-electron chi connectivity index (χ4n) is 6.39. The molecule has 0 saturated heterocycles. The van der Waals surface area contributed by atoms with Crippen LogP contribution in [0, 0.1) is 11.6 Å². The summed E-state index contributed by atoms with van der Waals surface area (Å²) in [6.07, 6.45) is 6.18. The van der Waals surface area contributed by atoms with Gasteiger partial charge in [0.15, 0.2) is 0 Å². The van der Waals surface area contributed by atoms with Crippen molar-refractivity contribution in [2.45, 2.75) is 95.2 Å². The maximum absolute atomic E-state index is 14.1. The predicted octanol–water partition coefficient (Wildman–Crippen LogP) is 6.99. The first-order valence-electron chi connectivity index (χ1n) is 15.9. The number of rotatable bonds is 13. The van der Waals surface area contributed by atoms with Gasteiger partial charge < -0.3 is 20.5 Å². The van der Waals surface area contributed by atoms with Gasteiger partial charge in [-0.2, -0.15) is 0 Å². The molecule has 0 radical (unpaired) electrons. The van der Waals surface area contributed by atoms with E-state index in [0.29, 0.717) is 37.1 Å². The summed E-state index contributed by atoms with van der Waals surface area (Å²) in [5, 5.41) is 18.8. The maximum Gasteiger partial charge on any atom is 0.338 e. The lowest BCUT2D eigenvalue weighted by atomic mass is 9.74. The normalized spacial score (nSPS) is 16.3. The van der Waals surface area contributed by atoms with Gasteiger partial charge in [-0.05, 0) is 84.5 Å². The van der Waals surface area contributed by atoms with E-state index < -0.39 is 23.8 Å². The molecule has 3 N–H and O–H groups in total. The molecule has 3 aromatic rings. The highest BCUT2D eigenvalue weighted by Gasteiger charge is 2.35. The van der Waals surface area contributed by atoms with Gasteiger partial charge in [-0.1, -0.05) is 82.5 Å². The monoisotopic (exact) mass is 606 g/mol. The molecule has 44 heavy (non-hydrogen) atoms. The average molecular weight is 607 g/mol. The Morgan fingerprint density at radius 2 is 1.68 bits per heavy atom. The summed E-state index contributed by atoms with van der Waals surface area (Å²) in [6.45, 7) is 7.54. The van der Waals surface area contributed by atoms with Crippen LogP contribution in [0.15, 0.2) is 66.7 Å². The first kappa shape index (κ1) is 33.8. The Bertz CT molecular complexity index is 1360. The van der Waals surface area contributed by atoms with Crippen LogP contribution in [0.1, 0.15) is 91.9 Å². The number of carbonyl (C=O) groups is 1. The minimum Gasteiger partial charge on any atom is -0.465 e. The molecular formula is C37H48F2N2O3. The highest BCUT2D eigenvalue weighted by atomic mass is 19.1. The van der Waals surface area contributed by atoms with Gasteiger partial charge in [0.1, 0.15) is 11.6 Å². The summed E-state index contributed by atoms with van der Waals surface area (Å²) < 4.78 is 33.1. The van der Waals surface area contributed by atoms with E-state index in [9.17, 15) is 18.7 Å². The van der Waals surface area contributed by atoms with E-state index in [1.54, 1.807) is 6.07 Å². The second-order valence-corrected chi connectivity index (χ2v) is 13.2. The Hall–Kier alpha value is -3.13. The van der Waals surface area contributed by atoms with Crippen molar-refractivity contribution in [3.05, 3.63) is 106 Å². The lowest BCUT2D eigenvalue weighted by Crippen LogP contribution is -2.52. The Kier molecular flexibility index (Phi) is 11.7. The van der Waals surface area contributed by atoms with Crippen molar-refractivity contribution in [3.63, 3.8) is 0 Å². The van der Waals surface area contributed by atoms with E-state index in [2.05, 4.69) is 55.7 Å². The standard InChI is InChI=1S/C37H48F2N2O3/c1-36(2,3)28-14-10-15-29(23-28)37(17-8-5-9-18-37)41-25-34(42)33(22-26-20-30(38)24-31(39)21-26)40-19-11-13-27-12-6-7-16-32(27)35(43)44-4/h6-7,10,12,14-16,20-21,23-24,33-34,40-42H,5,8-9,11,13,17-19,22,25H2,1-4H3. The van der Waals surface area contributed by atoms with Crippen LogP contribution in [0.5, 0.6) is 0 Å². The Morgan fingerprint density at radius 3 is 2.36 bits per heavy atom. The zero-order valence-electron chi connectivity index (χ0n) is 26.6. The van der Waals surface area contributed by atoms with Crippen LogP contribution in [-0.4, -0.2) is 43.4 Å². The van der Waals surface area contributed by atoms with Crippen LogP contribution in [0.4, 0.5) is 8.78 Å². The highest BCUT2D eigenvalue weighted by molar-refractivity contribution is 5.90. The first-order chi connectivity index (χ1) is 21.0. The number of ether oxygens (including phenoxy) is 1. The van der Waals surface area contributed by atoms with Crippen LogP contribution in [0.2, 0.25) is 0 Å². The minimum absolute atomic E-state index is 0.0258. The number of halogens is 2. The third-order valence-corrected chi connectivity index (χ3v) is 8.93. The van der Waals surface area contributed by atoms with Crippen LogP contribution in [0.3, 0.4) is 0 Å². The maximum atomic E-state index is 14.1. The van der Waals surface area contributed by atoms with E-state index in [0.717, 1.165) is 37.3 Å². The average Bonchev–Trinajstić information content (AvgIpc) is 3.00. The molecule has 1 saturated carbocycles. The highest BCUT2D eigenvalue weighted by Crippen LogP contribution is 2.38. The molecule has 7 heteroatoms. The summed E-state index contributed by atoms with van der Waals surface area (Å²) in [6, 6.07) is 19.2. The minimum atomic E-state index is -0.812. The molecule has 5 nitrogen and oxygen atoms in total. The molecule has 0 aliphatic heterocycles. The quantitative estimate of drug-likeness (QED) is 0.145. The number of nitrogens with one attached hydrogen (secondary N) is 2. The Morgan fingerprint density at radius 1 is 0.977 bits per heavy atom. The number of methoxy groups -OCH3 is 1. The fraction of sp³-hybridized carbons (Fsp3) is 0.486. The third kappa shape index (κ3) is 8.96. The molecular weight excluding hydrogens is 558 g/mol. The number of hydrogen-bond donors (Lipinski definition) is 3. The topological polar surface area (TPSA) is 70.6 Å². The van der Waals surface area contributed by atoms with Gasteiger partial charge in [-0.25, -0.2) is 13.6 Å². The third-order valence-electron chi connectivity index (χ3n) is 8.93. The molecule has 1 fully saturated rings. The number of benzene rings is 3. The lowest BCUT2D eigenvalue weighted by molar-refractivity contribution is 0.0599. The Labute approximate surface area is 261 Å². The molecule has 238 valence electrons. The number of esters is 1. The molecule has 1 aliphatic carbocycles. The van der Waals surface area contributed by atoms with Gasteiger partial charge >= 0.3 is 5.97 Å². The zero-order chi connectivity index (χ0) is 31.7. The largest absolute Gasteiger partial charge is 0.465 e. The van der Waals surface area contributed by atoms with Gasteiger partial charge in [-0.3, -0.25) is 0 Å². The number of carbonyl (C=O) groups excluding carboxylic acids is 1. The molecule has 2 unspecified atom stereocenters. The van der Waals surface area contributed by atoms with Crippen molar-refractivity contribution < 1.29 is 23.4 Å². The van der Waals surface area contributed by atoms with Crippen molar-refractivity contribution in [1.82, 2.24) is 10.6 Å². The molecule has 2 atom stereocenters. The van der Waals surface area contributed by atoms with Crippen LogP contribution >= 0.6 is 0 Å². The number of aryl methyl sites for hydroxylation is 1. The Balaban J connectivity index is 1.49. The van der Waals surface area contributed by atoms with Crippen molar-refractivity contribution in [2.75, 3.05) is 20.2 Å². The molecule has 1 aliphatic rings. The summed E-state index contributed by atoms with van der Waals surface area (Å²) in [7, 11) is 1.37. The molecule has 0 aromatic heterocycles. The van der Waals surface area contributed by atoms with Crippen molar-refractivity contribution in [1.29, 1.82) is 0 Å². The molecule has 4 rings (SSSR count). The van der Waals surface area contributed by atoms with E-state index in [-0.39, 0.29) is 23.3 Å². The SMILES string of the molecule is COC(=O)c1ccccc1CCCNC(Cc1cc(F)cc(F)c1)C(O)CNC1(c2cccc(C(C)(C)C)c2)CCCCC1. The van der Waals surface area contributed by atoms with E-state index in [4.69, 9.17) is 4.74 Å². The van der Waals surface area contributed by atoms with E-state index in [1.165, 1.54) is 36.8 Å². The second-order valence-electron chi connectivity index (χ2n) is 13.2. The number of hydrogen-bond acceptors (Lipinski definition) is 5. The molecule has 0 heterocycles. The summed E-state index contributed by atoms with van der Waals surface area (Å²) in [5.74, 6) is -1.64. The number of aliphatic hydroxyl groups excluding tert-OH is 1. The van der Waals surface area contributed by atoms with E-state index >= 15 is 0 Å². The van der Waals surface area contributed by atoms with Crippen molar-refractivity contribution in [3.8, 4) is 0 Å². The molecule has 0 spiro atoms. The predicted molar refractivity (Wildman–Crippen MR) is 172 cm³/mol. The molecule has 3 aromatic carbocycles. The van der Waals surface area contributed by atoms with Crippen molar-refractivity contribution >= 4 is 5.97 Å². The van der Waals surface area contributed by atoms with Gasteiger partial charge in [0.05, 0.1) is 18.8 Å². The van der Waals surface area contributed by atoms with Crippen LogP contribution in [-0.2, 0) is 28.5 Å².